The fraction of sp³-hybridized carbons (Fsp3) is 0.263. The molecule has 5 heteroatoms. The van der Waals surface area contributed by atoms with Crippen molar-refractivity contribution < 1.29 is 14.3 Å². The summed E-state index contributed by atoms with van der Waals surface area (Å²) in [6.07, 6.45) is 1.91. The standard InChI is InChI=1S/C19H20N2O3/c1-12-15(20-18(22)13-10-11-13)7-5-8-16(12)21-19(23)14-6-3-4-9-17(14)24-2/h3-9,13H,10-11H2,1-2H3,(H,20,22)(H,21,23). The molecule has 3 rings (SSSR count). The van der Waals surface area contributed by atoms with Gasteiger partial charge in [-0.15, -0.1) is 0 Å². The highest BCUT2D eigenvalue weighted by Gasteiger charge is 2.29. The zero-order valence-corrected chi connectivity index (χ0v) is 13.8. The van der Waals surface area contributed by atoms with Crippen LogP contribution in [-0.2, 0) is 4.79 Å². The zero-order valence-electron chi connectivity index (χ0n) is 13.8. The summed E-state index contributed by atoms with van der Waals surface area (Å²) in [6.45, 7) is 1.88. The molecule has 1 aliphatic rings. The van der Waals surface area contributed by atoms with Gasteiger partial charge in [0.15, 0.2) is 0 Å². The van der Waals surface area contributed by atoms with Crippen molar-refractivity contribution in [3.8, 4) is 5.75 Å². The minimum Gasteiger partial charge on any atom is -0.496 e. The Bertz CT molecular complexity index is 782. The third-order valence-electron chi connectivity index (χ3n) is 4.14. The summed E-state index contributed by atoms with van der Waals surface area (Å²) in [7, 11) is 1.53. The highest BCUT2D eigenvalue weighted by molar-refractivity contribution is 6.07. The SMILES string of the molecule is COc1ccccc1C(=O)Nc1cccc(NC(=O)C2CC2)c1C. The Kier molecular flexibility index (Phi) is 4.51. The van der Waals surface area contributed by atoms with E-state index in [2.05, 4.69) is 10.6 Å². The first-order valence-corrected chi connectivity index (χ1v) is 7.95. The van der Waals surface area contributed by atoms with Crippen molar-refractivity contribution in [3.63, 3.8) is 0 Å². The van der Waals surface area contributed by atoms with E-state index in [0.29, 0.717) is 17.0 Å². The monoisotopic (exact) mass is 324 g/mol. The van der Waals surface area contributed by atoms with E-state index in [0.717, 1.165) is 24.1 Å². The molecule has 1 saturated carbocycles. The Morgan fingerprint density at radius 3 is 2.33 bits per heavy atom. The number of hydrogen-bond acceptors (Lipinski definition) is 3. The van der Waals surface area contributed by atoms with Crippen molar-refractivity contribution in [2.75, 3.05) is 17.7 Å². The number of hydrogen-bond donors (Lipinski definition) is 2. The average Bonchev–Trinajstić information content (AvgIpc) is 3.43. The number of rotatable bonds is 5. The van der Waals surface area contributed by atoms with Gasteiger partial charge in [0.2, 0.25) is 5.91 Å². The summed E-state index contributed by atoms with van der Waals surface area (Å²) in [5.74, 6) is 0.453. The van der Waals surface area contributed by atoms with Crippen LogP contribution in [0.25, 0.3) is 0 Å². The van der Waals surface area contributed by atoms with Gasteiger partial charge in [-0.3, -0.25) is 9.59 Å². The molecule has 1 aliphatic carbocycles. The van der Waals surface area contributed by atoms with Crippen molar-refractivity contribution in [2.45, 2.75) is 19.8 Å². The zero-order chi connectivity index (χ0) is 17.1. The van der Waals surface area contributed by atoms with Gasteiger partial charge in [-0.25, -0.2) is 0 Å². The molecule has 5 nitrogen and oxygen atoms in total. The van der Waals surface area contributed by atoms with Crippen LogP contribution >= 0.6 is 0 Å². The summed E-state index contributed by atoms with van der Waals surface area (Å²) >= 11 is 0. The Morgan fingerprint density at radius 1 is 1.00 bits per heavy atom. The summed E-state index contributed by atoms with van der Waals surface area (Å²) in [4.78, 5) is 24.5. The van der Waals surface area contributed by atoms with Crippen molar-refractivity contribution in [1.29, 1.82) is 0 Å². The van der Waals surface area contributed by atoms with E-state index in [1.807, 2.05) is 31.2 Å². The van der Waals surface area contributed by atoms with Crippen molar-refractivity contribution >= 4 is 23.2 Å². The first-order chi connectivity index (χ1) is 11.6. The van der Waals surface area contributed by atoms with Crippen LogP contribution in [0.1, 0.15) is 28.8 Å². The fourth-order valence-electron chi connectivity index (χ4n) is 2.51. The predicted octanol–water partition coefficient (Wildman–Crippen LogP) is 3.60. The van der Waals surface area contributed by atoms with Gasteiger partial charge in [-0.05, 0) is 49.6 Å². The molecule has 0 atom stereocenters. The summed E-state index contributed by atoms with van der Waals surface area (Å²) < 4.78 is 5.23. The molecule has 0 aromatic heterocycles. The lowest BCUT2D eigenvalue weighted by Gasteiger charge is -2.14. The number of carbonyl (C=O) groups is 2. The van der Waals surface area contributed by atoms with E-state index < -0.39 is 0 Å². The summed E-state index contributed by atoms with van der Waals surface area (Å²) in [5.41, 5.74) is 2.69. The minimum atomic E-state index is -0.249. The first-order valence-electron chi connectivity index (χ1n) is 7.95. The number of nitrogens with one attached hydrogen (secondary N) is 2. The normalized spacial score (nSPS) is 13.2. The molecule has 0 spiro atoms. The molecule has 0 bridgehead atoms. The van der Waals surface area contributed by atoms with E-state index in [-0.39, 0.29) is 17.7 Å². The molecule has 1 fully saturated rings. The fourth-order valence-corrected chi connectivity index (χ4v) is 2.51. The lowest BCUT2D eigenvalue weighted by Crippen LogP contribution is -2.17. The minimum absolute atomic E-state index is 0.0475. The van der Waals surface area contributed by atoms with Gasteiger partial charge in [-0.1, -0.05) is 18.2 Å². The molecule has 0 unspecified atom stereocenters. The lowest BCUT2D eigenvalue weighted by molar-refractivity contribution is -0.117. The second kappa shape index (κ2) is 6.74. The van der Waals surface area contributed by atoms with Crippen LogP contribution in [0.5, 0.6) is 5.75 Å². The molecular formula is C19H20N2O3. The second-order valence-corrected chi connectivity index (χ2v) is 5.90. The van der Waals surface area contributed by atoms with Crippen LogP contribution in [0.4, 0.5) is 11.4 Å². The van der Waals surface area contributed by atoms with Crippen LogP contribution in [0.15, 0.2) is 42.5 Å². The summed E-state index contributed by atoms with van der Waals surface area (Å²) in [5, 5.41) is 5.82. The van der Waals surface area contributed by atoms with Crippen molar-refractivity contribution in [3.05, 3.63) is 53.6 Å². The molecule has 124 valence electrons. The average molecular weight is 324 g/mol. The molecule has 0 saturated heterocycles. The third-order valence-corrected chi connectivity index (χ3v) is 4.14. The molecule has 2 amide bonds. The number of amides is 2. The molecule has 2 aromatic rings. The predicted molar refractivity (Wildman–Crippen MR) is 93.5 cm³/mol. The van der Waals surface area contributed by atoms with E-state index in [9.17, 15) is 9.59 Å². The van der Waals surface area contributed by atoms with E-state index in [1.165, 1.54) is 7.11 Å². The molecule has 0 aliphatic heterocycles. The Labute approximate surface area is 141 Å². The second-order valence-electron chi connectivity index (χ2n) is 5.90. The highest BCUT2D eigenvalue weighted by atomic mass is 16.5. The number of carbonyl (C=O) groups excluding carboxylic acids is 2. The first kappa shape index (κ1) is 16.1. The number of ether oxygens (including phenoxy) is 1. The Hall–Kier alpha value is -2.82. The largest absolute Gasteiger partial charge is 0.496 e. The molecule has 24 heavy (non-hydrogen) atoms. The van der Waals surface area contributed by atoms with E-state index in [1.54, 1.807) is 18.2 Å². The van der Waals surface area contributed by atoms with Gasteiger partial charge in [0, 0.05) is 17.3 Å². The van der Waals surface area contributed by atoms with E-state index >= 15 is 0 Å². The lowest BCUT2D eigenvalue weighted by atomic mass is 10.1. The third kappa shape index (κ3) is 3.40. The maximum Gasteiger partial charge on any atom is 0.259 e. The Morgan fingerprint density at radius 2 is 1.67 bits per heavy atom. The van der Waals surface area contributed by atoms with Crippen molar-refractivity contribution in [1.82, 2.24) is 0 Å². The van der Waals surface area contributed by atoms with Gasteiger partial charge < -0.3 is 15.4 Å². The number of para-hydroxylation sites is 1. The number of anilines is 2. The van der Waals surface area contributed by atoms with E-state index in [4.69, 9.17) is 4.74 Å². The molecule has 0 radical (unpaired) electrons. The number of methoxy groups -OCH3 is 1. The summed E-state index contributed by atoms with van der Waals surface area (Å²) in [6, 6.07) is 12.5. The highest BCUT2D eigenvalue weighted by Crippen LogP contribution is 2.32. The van der Waals surface area contributed by atoms with Gasteiger partial charge in [0.05, 0.1) is 12.7 Å². The van der Waals surface area contributed by atoms with Crippen LogP contribution in [-0.4, -0.2) is 18.9 Å². The number of benzene rings is 2. The van der Waals surface area contributed by atoms with Gasteiger partial charge in [0.1, 0.15) is 5.75 Å². The molecule has 2 aromatic carbocycles. The van der Waals surface area contributed by atoms with Gasteiger partial charge in [-0.2, -0.15) is 0 Å². The van der Waals surface area contributed by atoms with Crippen LogP contribution in [0.3, 0.4) is 0 Å². The topological polar surface area (TPSA) is 67.4 Å². The van der Waals surface area contributed by atoms with Crippen LogP contribution < -0.4 is 15.4 Å². The quantitative estimate of drug-likeness (QED) is 0.883. The maximum atomic E-state index is 12.5. The van der Waals surface area contributed by atoms with Crippen molar-refractivity contribution in [2.24, 2.45) is 5.92 Å². The van der Waals surface area contributed by atoms with Gasteiger partial charge in [0.25, 0.3) is 5.91 Å². The molecular weight excluding hydrogens is 304 g/mol. The molecule has 2 N–H and O–H groups in total. The smallest absolute Gasteiger partial charge is 0.259 e. The van der Waals surface area contributed by atoms with Gasteiger partial charge >= 0.3 is 0 Å². The van der Waals surface area contributed by atoms with Crippen LogP contribution in [0, 0.1) is 12.8 Å². The molecule has 0 heterocycles. The Balaban J connectivity index is 1.79. The maximum absolute atomic E-state index is 12.5. The van der Waals surface area contributed by atoms with Crippen LogP contribution in [0.2, 0.25) is 0 Å².